The van der Waals surface area contributed by atoms with E-state index in [2.05, 4.69) is 117 Å². The molecule has 0 aliphatic rings. The van der Waals surface area contributed by atoms with Crippen LogP contribution in [0.1, 0.15) is 45.5 Å². The van der Waals surface area contributed by atoms with Gasteiger partial charge in [-0.2, -0.15) is 0 Å². The number of terminal acetylenes is 4. The molecule has 0 spiro atoms. The van der Waals surface area contributed by atoms with Gasteiger partial charge in [0, 0.05) is 70.6 Å². The van der Waals surface area contributed by atoms with Crippen molar-refractivity contribution in [2.75, 3.05) is 0 Å². The van der Waals surface area contributed by atoms with Crippen LogP contribution in [-0.4, -0.2) is 4.86 Å². The molecule has 4 aromatic carbocycles. The Bertz CT molecular complexity index is 2600. The summed E-state index contributed by atoms with van der Waals surface area (Å²) in [5.41, 5.74) is 30.8. The average Bonchev–Trinajstić information content (AvgIpc) is 3.28. The Kier molecular flexibility index (Phi) is 25.6. The fraction of sp³-hybridized carbons (Fsp3) is 0.0755. The Morgan fingerprint density at radius 2 is 0.803 bits per heavy atom. The molecule has 4 aromatic rings. The van der Waals surface area contributed by atoms with E-state index in [0.717, 1.165) is 44.0 Å². The first-order chi connectivity index (χ1) is 29.7. The van der Waals surface area contributed by atoms with Gasteiger partial charge < -0.3 is 11.5 Å². The van der Waals surface area contributed by atoms with Gasteiger partial charge in [-0.15, -0.1) is 25.7 Å². The molecule has 290 valence electrons. The molecule has 8 heteroatoms. The van der Waals surface area contributed by atoms with Gasteiger partial charge in [-0.1, -0.05) is 85.0 Å². The Morgan fingerprint density at radius 1 is 0.508 bits per heavy atom. The minimum atomic E-state index is -1.84. The molecule has 0 fully saturated rings. The van der Waals surface area contributed by atoms with Crippen LogP contribution in [0.15, 0.2) is 97.1 Å². The van der Waals surface area contributed by atoms with E-state index in [9.17, 15) is 0 Å². The zero-order valence-corrected chi connectivity index (χ0v) is 38.9. The van der Waals surface area contributed by atoms with Gasteiger partial charge in [0.2, 0.25) is 0 Å². The van der Waals surface area contributed by atoms with Crippen LogP contribution in [-0.2, 0) is 15.1 Å². The molecule has 0 amide bonds. The van der Waals surface area contributed by atoms with Crippen molar-refractivity contribution in [3.63, 3.8) is 0 Å². The van der Waals surface area contributed by atoms with Crippen molar-refractivity contribution in [3.05, 3.63) is 130 Å². The molecule has 4 N–H and O–H groups in total. The number of rotatable bonds is 7. The van der Waals surface area contributed by atoms with Gasteiger partial charge in [0.05, 0.1) is 4.86 Å². The summed E-state index contributed by atoms with van der Waals surface area (Å²) in [6.07, 6.45) is 21.0. The van der Waals surface area contributed by atoms with E-state index in [0.29, 0.717) is 4.86 Å². The fourth-order valence-electron chi connectivity index (χ4n) is 5.01. The van der Waals surface area contributed by atoms with Crippen LogP contribution < -0.4 is 22.1 Å². The summed E-state index contributed by atoms with van der Waals surface area (Å²) in [6, 6.07) is 31.6. The molecule has 2 nitrogen and oxygen atoms in total. The molecule has 0 radical (unpaired) electrons. The summed E-state index contributed by atoms with van der Waals surface area (Å²) in [5, 5.41) is 1.79. The summed E-state index contributed by atoms with van der Waals surface area (Å²) < 4.78 is 0. The quantitative estimate of drug-likeness (QED) is 0.0652. The van der Waals surface area contributed by atoms with Gasteiger partial charge >= 0.3 is 34.5 Å². The molecule has 0 saturated heterocycles. The van der Waals surface area contributed by atoms with Crippen molar-refractivity contribution in [1.29, 1.82) is 0 Å². The topological polar surface area (TPSA) is 52.0 Å². The third-order valence-electron chi connectivity index (χ3n) is 7.67. The molecular formula is C53H34Cl2N2P2RuS+4. The zero-order chi connectivity index (χ0) is 44.7. The number of hydrogen-bond donors (Lipinski definition) is 2. The molecule has 0 bridgehead atoms. The van der Waals surface area contributed by atoms with E-state index in [1.165, 1.54) is 0 Å². The van der Waals surface area contributed by atoms with Crippen LogP contribution in [0, 0.1) is 157 Å². The normalized spacial score (nSPS) is 9.31. The van der Waals surface area contributed by atoms with E-state index >= 15 is 0 Å². The third kappa shape index (κ3) is 18.6. The van der Waals surface area contributed by atoms with Gasteiger partial charge in [-0.25, -0.2) is 0 Å². The van der Waals surface area contributed by atoms with E-state index in [4.69, 9.17) is 68.8 Å². The summed E-state index contributed by atoms with van der Waals surface area (Å²) in [7, 11) is 6.03. The summed E-state index contributed by atoms with van der Waals surface area (Å²) >= 11 is 5.78. The second kappa shape index (κ2) is 30.7. The Balaban J connectivity index is 0.000000553. The predicted molar refractivity (Wildman–Crippen MR) is 265 cm³/mol. The van der Waals surface area contributed by atoms with Gasteiger partial charge in [0.25, 0.3) is 0 Å². The second-order valence-corrected chi connectivity index (χ2v) is 18.3. The fourth-order valence-corrected chi connectivity index (χ4v) is 8.66. The average molecular weight is 965 g/mol. The molecule has 0 saturated carbocycles. The number of halogens is 2. The third-order valence-corrected chi connectivity index (χ3v) is 11.5. The van der Waals surface area contributed by atoms with Crippen molar-refractivity contribution in [1.82, 2.24) is 0 Å². The van der Waals surface area contributed by atoms with Crippen molar-refractivity contribution in [2.24, 2.45) is 11.5 Å². The van der Waals surface area contributed by atoms with Gasteiger partial charge in [-0.05, 0) is 108 Å². The van der Waals surface area contributed by atoms with Crippen LogP contribution in [0.3, 0.4) is 0 Å². The number of aryl methyl sites for hydroxylation is 2. The molecular weight excluding hydrogens is 931 g/mol. The maximum absolute atomic E-state index is 6.15. The zero-order valence-electron chi connectivity index (χ0n) is 32.9. The van der Waals surface area contributed by atoms with Crippen LogP contribution >= 0.6 is 47.4 Å². The number of benzene rings is 4. The maximum atomic E-state index is 6.15. The standard InChI is InChI=1S/C39H16P2S.C14H16N2.2ClH.Ru/c1-7-11-15-19-27-40(28-20-16-12-8-2)37-31-33(5)23-25-35(37)39(42)36-26-24-34(6)32-38(36)41(29-21-17-13-9-3)30-22-18-14-10-4;15-13(11-7-3-1-4-8-11)14(16)12-9-5-2-6-10-12;;;/h1-4,23-26,31-32H,5-6H3;1-10,13-14H,15-16H2;2*1H;/q;;;;+4. The Morgan fingerprint density at radius 3 is 1.08 bits per heavy atom. The molecule has 61 heavy (non-hydrogen) atoms. The van der Waals surface area contributed by atoms with E-state index in [-0.39, 0.29) is 27.2 Å². The molecule has 0 aliphatic carbocycles. The van der Waals surface area contributed by atoms with Crippen molar-refractivity contribution in [3.8, 4) is 143 Å². The number of hydrogen-bond acceptors (Lipinski definition) is 3. The Hall–Kier alpha value is -6.33. The first kappa shape index (κ1) is 50.8. The second-order valence-electron chi connectivity index (χ2n) is 11.7. The van der Waals surface area contributed by atoms with Crippen LogP contribution in [0.5, 0.6) is 0 Å². The van der Waals surface area contributed by atoms with Crippen molar-refractivity contribution in [2.45, 2.75) is 25.9 Å². The minimum absolute atomic E-state index is 0.163. The SMILES string of the molecule is C#CC#CC#C[PH+](C#CC#CC#C)c1cc(C)ccc1C(=S)c1ccc(C)cc1[PH+](C#CC#CC#C)C#CC#CC#C.NC(c1ccccc1)C(N)c1ccccc1.[Cl][Ru+2][Cl]. The molecule has 4 rings (SSSR count). The number of thiocarbonyl (C=S) groups is 1. The predicted octanol–water partition coefficient (Wildman–Crippen LogP) is 7.90. The summed E-state index contributed by atoms with van der Waals surface area (Å²) in [6.45, 7) is 3.98. The van der Waals surface area contributed by atoms with Crippen LogP contribution in [0.4, 0.5) is 0 Å². The van der Waals surface area contributed by atoms with Crippen LogP contribution in [0.25, 0.3) is 0 Å². The summed E-state index contributed by atoms with van der Waals surface area (Å²) in [5.74, 6) is 41.0. The van der Waals surface area contributed by atoms with Gasteiger partial charge in [-0.3, -0.25) is 0 Å². The van der Waals surface area contributed by atoms with Gasteiger partial charge in [0.15, 0.2) is 15.8 Å². The molecule has 0 aromatic heterocycles. The van der Waals surface area contributed by atoms with Crippen LogP contribution in [0.2, 0.25) is 0 Å². The first-order valence-corrected chi connectivity index (χ1v) is 25.4. The molecule has 2 unspecified atom stereocenters. The van der Waals surface area contributed by atoms with Crippen molar-refractivity contribution < 1.29 is 15.1 Å². The molecule has 0 heterocycles. The Labute approximate surface area is 386 Å². The van der Waals surface area contributed by atoms with Gasteiger partial charge in [0.1, 0.15) is 33.3 Å². The molecule has 0 aliphatic heterocycles. The summed E-state index contributed by atoms with van der Waals surface area (Å²) in [4.78, 5) is 0.603. The van der Waals surface area contributed by atoms with E-state index < -0.39 is 15.8 Å². The monoisotopic (exact) mass is 964 g/mol. The van der Waals surface area contributed by atoms with E-state index in [1.54, 1.807) is 0 Å². The first-order valence-electron chi connectivity index (χ1n) is 17.5. The molecule has 2 atom stereocenters. The number of nitrogens with two attached hydrogens (primary N) is 2. The van der Waals surface area contributed by atoms with E-state index in [1.807, 2.05) is 111 Å². The van der Waals surface area contributed by atoms with Crippen molar-refractivity contribution >= 4 is 62.9 Å².